The number of rotatable bonds is 7. The molecule has 0 aromatic rings. The molecule has 28 heavy (non-hydrogen) atoms. The Kier molecular flexibility index (Phi) is 6.99. The van der Waals surface area contributed by atoms with Crippen LogP contribution < -0.4 is 0 Å². The van der Waals surface area contributed by atoms with Gasteiger partial charge in [0.25, 0.3) is 0 Å². The average molecular weight is 389 g/mol. The van der Waals surface area contributed by atoms with E-state index < -0.39 is 0 Å². The Bertz CT molecular complexity index is 504. The molecule has 0 nitrogen and oxygen atoms in total. The first-order valence-corrected chi connectivity index (χ1v) is 13.1. The van der Waals surface area contributed by atoms with Crippen LogP contribution in [0, 0.1) is 45.8 Å². The van der Waals surface area contributed by atoms with Gasteiger partial charge in [-0.05, 0) is 84.4 Å². The van der Waals surface area contributed by atoms with Gasteiger partial charge in [0.15, 0.2) is 0 Å². The summed E-state index contributed by atoms with van der Waals surface area (Å²) in [6, 6.07) is 0. The summed E-state index contributed by atoms with van der Waals surface area (Å²) in [4.78, 5) is 0. The van der Waals surface area contributed by atoms with Gasteiger partial charge in [-0.25, -0.2) is 0 Å². The smallest absolute Gasteiger partial charge is 0.0259 e. The highest BCUT2D eigenvalue weighted by Gasteiger charge is 2.61. The first-order chi connectivity index (χ1) is 13.1. The number of hydrogen-bond acceptors (Lipinski definition) is 0. The largest absolute Gasteiger partial charge is 0.0654 e. The molecule has 0 spiro atoms. The Hall–Kier alpha value is 0. The molecule has 0 amide bonds. The van der Waals surface area contributed by atoms with E-state index in [0.717, 1.165) is 29.6 Å². The maximum absolute atomic E-state index is 2.75. The molecule has 7 atom stereocenters. The van der Waals surface area contributed by atoms with E-state index in [1.165, 1.54) is 83.5 Å². The van der Waals surface area contributed by atoms with Crippen LogP contribution in [-0.4, -0.2) is 0 Å². The third-order valence-electron chi connectivity index (χ3n) is 10.6. The van der Waals surface area contributed by atoms with Crippen molar-refractivity contribution in [1.82, 2.24) is 0 Å². The lowest BCUT2D eigenvalue weighted by molar-refractivity contribution is -0.174. The van der Waals surface area contributed by atoms with Crippen LogP contribution in [0.25, 0.3) is 0 Å². The Balaban J connectivity index is 1.73. The maximum atomic E-state index is 2.75. The van der Waals surface area contributed by atoms with E-state index in [4.69, 9.17) is 0 Å². The fraction of sp³-hybridized carbons (Fsp3) is 1.00. The SMILES string of the molecule is CCCCC[C@@H](C)CC[C@H]1[C@H](C)CCC2[C@]3(C)CCCC(C)(C)C3CC[C@@]21C. The second-order valence-electron chi connectivity index (χ2n) is 12.8. The average Bonchev–Trinajstić information content (AvgIpc) is 2.60. The summed E-state index contributed by atoms with van der Waals surface area (Å²) >= 11 is 0. The summed E-state index contributed by atoms with van der Waals surface area (Å²) < 4.78 is 0. The molecule has 3 fully saturated rings. The maximum Gasteiger partial charge on any atom is -0.0259 e. The fourth-order valence-corrected chi connectivity index (χ4v) is 9.04. The Labute approximate surface area is 178 Å². The molecular weight excluding hydrogens is 336 g/mol. The molecule has 0 bridgehead atoms. The number of hydrogen-bond donors (Lipinski definition) is 0. The molecule has 3 aliphatic carbocycles. The highest BCUT2D eigenvalue weighted by Crippen LogP contribution is 2.69. The standard InChI is InChI=1S/C28H52/c1-8-9-10-12-21(2)13-15-23-22(3)14-16-25-27(23,6)20-17-24-26(4,5)18-11-19-28(24,25)7/h21-25H,8-20H2,1-7H3/t21-,22-,23+,24?,25?,27-,28-/m1/s1. The normalized spacial score (nSPS) is 43.8. The van der Waals surface area contributed by atoms with Crippen LogP contribution >= 0.6 is 0 Å². The van der Waals surface area contributed by atoms with Crippen molar-refractivity contribution in [1.29, 1.82) is 0 Å². The van der Waals surface area contributed by atoms with Crippen LogP contribution in [0.15, 0.2) is 0 Å². The molecule has 164 valence electrons. The molecule has 0 N–H and O–H groups in total. The zero-order valence-corrected chi connectivity index (χ0v) is 20.6. The third kappa shape index (κ3) is 4.09. The van der Waals surface area contributed by atoms with E-state index in [1.807, 2.05) is 0 Å². The van der Waals surface area contributed by atoms with Gasteiger partial charge in [-0.1, -0.05) is 93.4 Å². The van der Waals surface area contributed by atoms with Gasteiger partial charge in [0.05, 0.1) is 0 Å². The monoisotopic (exact) mass is 388 g/mol. The van der Waals surface area contributed by atoms with Crippen LogP contribution in [0.2, 0.25) is 0 Å². The van der Waals surface area contributed by atoms with Crippen LogP contribution in [0.5, 0.6) is 0 Å². The summed E-state index contributed by atoms with van der Waals surface area (Å²) in [5, 5.41) is 0. The molecule has 0 heterocycles. The molecule has 3 saturated carbocycles. The van der Waals surface area contributed by atoms with Crippen molar-refractivity contribution in [3.8, 4) is 0 Å². The van der Waals surface area contributed by atoms with Crippen LogP contribution in [0.3, 0.4) is 0 Å². The van der Waals surface area contributed by atoms with Gasteiger partial charge in [-0.2, -0.15) is 0 Å². The van der Waals surface area contributed by atoms with E-state index in [9.17, 15) is 0 Å². The van der Waals surface area contributed by atoms with E-state index in [0.29, 0.717) is 16.2 Å². The van der Waals surface area contributed by atoms with Gasteiger partial charge < -0.3 is 0 Å². The number of unbranched alkanes of at least 4 members (excludes halogenated alkanes) is 2. The first-order valence-electron chi connectivity index (χ1n) is 13.1. The summed E-state index contributed by atoms with van der Waals surface area (Å²) in [5.41, 5.74) is 1.79. The van der Waals surface area contributed by atoms with Gasteiger partial charge in [0.2, 0.25) is 0 Å². The zero-order valence-electron chi connectivity index (χ0n) is 20.6. The van der Waals surface area contributed by atoms with E-state index in [2.05, 4.69) is 48.5 Å². The van der Waals surface area contributed by atoms with E-state index >= 15 is 0 Å². The van der Waals surface area contributed by atoms with Crippen LogP contribution in [0.1, 0.15) is 132 Å². The molecule has 3 rings (SSSR count). The minimum Gasteiger partial charge on any atom is -0.0654 e. The van der Waals surface area contributed by atoms with Crippen molar-refractivity contribution in [2.45, 2.75) is 132 Å². The van der Waals surface area contributed by atoms with Crippen molar-refractivity contribution in [3.05, 3.63) is 0 Å². The Morgan fingerprint density at radius 2 is 1.57 bits per heavy atom. The van der Waals surface area contributed by atoms with Crippen molar-refractivity contribution in [2.24, 2.45) is 45.8 Å². The summed E-state index contributed by atoms with van der Waals surface area (Å²) in [6.45, 7) is 18.2. The second-order valence-corrected chi connectivity index (χ2v) is 12.8. The predicted molar refractivity (Wildman–Crippen MR) is 124 cm³/mol. The lowest BCUT2D eigenvalue weighted by Crippen LogP contribution is -2.59. The zero-order chi connectivity index (χ0) is 20.6. The lowest BCUT2D eigenvalue weighted by atomic mass is 9.38. The van der Waals surface area contributed by atoms with E-state index in [-0.39, 0.29) is 0 Å². The quantitative estimate of drug-likeness (QED) is 0.381. The second kappa shape index (κ2) is 8.63. The molecule has 0 radical (unpaired) electrons. The van der Waals surface area contributed by atoms with Crippen molar-refractivity contribution in [3.63, 3.8) is 0 Å². The minimum absolute atomic E-state index is 0.570. The predicted octanol–water partition coefficient (Wildman–Crippen LogP) is 9.28. The molecule has 3 aliphatic rings. The third-order valence-corrected chi connectivity index (χ3v) is 10.6. The Morgan fingerprint density at radius 1 is 0.821 bits per heavy atom. The molecule has 0 saturated heterocycles. The van der Waals surface area contributed by atoms with Crippen molar-refractivity contribution < 1.29 is 0 Å². The van der Waals surface area contributed by atoms with Crippen molar-refractivity contribution in [2.75, 3.05) is 0 Å². The van der Waals surface area contributed by atoms with Gasteiger partial charge in [-0.3, -0.25) is 0 Å². The Morgan fingerprint density at radius 3 is 2.29 bits per heavy atom. The van der Waals surface area contributed by atoms with Gasteiger partial charge in [-0.15, -0.1) is 0 Å². The van der Waals surface area contributed by atoms with Gasteiger partial charge in [0.1, 0.15) is 0 Å². The van der Waals surface area contributed by atoms with Gasteiger partial charge >= 0.3 is 0 Å². The molecular formula is C28H52. The topological polar surface area (TPSA) is 0 Å². The molecule has 0 aromatic carbocycles. The summed E-state index contributed by atoms with van der Waals surface area (Å²) in [5.74, 6) is 4.80. The number of fused-ring (bicyclic) bond motifs is 3. The highest BCUT2D eigenvalue weighted by molar-refractivity contribution is 5.10. The highest BCUT2D eigenvalue weighted by atomic mass is 14.7. The van der Waals surface area contributed by atoms with Crippen molar-refractivity contribution >= 4 is 0 Å². The van der Waals surface area contributed by atoms with Crippen LogP contribution in [-0.2, 0) is 0 Å². The molecule has 2 unspecified atom stereocenters. The minimum atomic E-state index is 0.570. The summed E-state index contributed by atoms with van der Waals surface area (Å²) in [6.07, 6.45) is 19.2. The molecule has 0 aromatic heterocycles. The molecule has 0 heteroatoms. The van der Waals surface area contributed by atoms with E-state index in [1.54, 1.807) is 0 Å². The van der Waals surface area contributed by atoms with Gasteiger partial charge in [0, 0.05) is 0 Å². The lowest BCUT2D eigenvalue weighted by Gasteiger charge is -2.66. The first kappa shape index (κ1) is 22.7. The summed E-state index contributed by atoms with van der Waals surface area (Å²) in [7, 11) is 0. The van der Waals surface area contributed by atoms with Crippen LogP contribution in [0.4, 0.5) is 0 Å². The fourth-order valence-electron chi connectivity index (χ4n) is 9.04. The molecule has 0 aliphatic heterocycles.